The predicted octanol–water partition coefficient (Wildman–Crippen LogP) is 3.26. The van der Waals surface area contributed by atoms with E-state index in [2.05, 4.69) is 5.32 Å². The standard InChI is InChI=1S/C14H12INO3/c1-19-11-5-3-10(4-6-11)16-14(18)9-2-7-12(15)13(17)8-9/h2-8,17H,1H3,(H,16,18). The van der Waals surface area contributed by atoms with E-state index in [-0.39, 0.29) is 11.7 Å². The van der Waals surface area contributed by atoms with Gasteiger partial charge in [0, 0.05) is 11.3 Å². The minimum absolute atomic E-state index is 0.1000. The van der Waals surface area contributed by atoms with Crippen LogP contribution in [-0.2, 0) is 0 Å². The monoisotopic (exact) mass is 369 g/mol. The van der Waals surface area contributed by atoms with Gasteiger partial charge in [-0.25, -0.2) is 0 Å². The summed E-state index contributed by atoms with van der Waals surface area (Å²) in [5, 5.41) is 12.3. The van der Waals surface area contributed by atoms with E-state index in [1.54, 1.807) is 43.5 Å². The van der Waals surface area contributed by atoms with Crippen LogP contribution in [0, 0.1) is 3.57 Å². The number of methoxy groups -OCH3 is 1. The highest BCUT2D eigenvalue weighted by Crippen LogP contribution is 2.21. The van der Waals surface area contributed by atoms with Crippen molar-refractivity contribution in [3.63, 3.8) is 0 Å². The van der Waals surface area contributed by atoms with Gasteiger partial charge >= 0.3 is 0 Å². The van der Waals surface area contributed by atoms with E-state index in [4.69, 9.17) is 4.74 Å². The minimum Gasteiger partial charge on any atom is -0.507 e. The molecule has 0 atom stereocenters. The van der Waals surface area contributed by atoms with Gasteiger partial charge in [0.05, 0.1) is 10.7 Å². The fourth-order valence-electron chi connectivity index (χ4n) is 1.53. The number of hydrogen-bond donors (Lipinski definition) is 2. The Morgan fingerprint density at radius 1 is 1.21 bits per heavy atom. The van der Waals surface area contributed by atoms with Crippen LogP contribution in [0.25, 0.3) is 0 Å². The van der Waals surface area contributed by atoms with Crippen LogP contribution in [0.3, 0.4) is 0 Å². The van der Waals surface area contributed by atoms with Gasteiger partial charge in [-0.1, -0.05) is 0 Å². The first-order chi connectivity index (χ1) is 9.10. The number of nitrogens with one attached hydrogen (secondary N) is 1. The van der Waals surface area contributed by atoms with Crippen LogP contribution in [0.5, 0.6) is 11.5 Å². The maximum absolute atomic E-state index is 12.0. The number of hydrogen-bond acceptors (Lipinski definition) is 3. The number of amides is 1. The number of anilines is 1. The quantitative estimate of drug-likeness (QED) is 0.817. The second-order valence-electron chi connectivity index (χ2n) is 3.85. The molecule has 0 heterocycles. The van der Waals surface area contributed by atoms with Gasteiger partial charge in [0.25, 0.3) is 5.91 Å². The molecule has 0 radical (unpaired) electrons. The molecule has 0 unspecified atom stereocenters. The van der Waals surface area contributed by atoms with E-state index in [1.165, 1.54) is 6.07 Å². The Bertz CT molecular complexity index is 596. The van der Waals surface area contributed by atoms with Gasteiger partial charge in [0.1, 0.15) is 11.5 Å². The molecule has 2 rings (SSSR count). The van der Waals surface area contributed by atoms with Gasteiger partial charge in [0.15, 0.2) is 0 Å². The largest absolute Gasteiger partial charge is 0.507 e. The molecule has 0 aromatic heterocycles. The van der Waals surface area contributed by atoms with E-state index >= 15 is 0 Å². The summed E-state index contributed by atoms with van der Waals surface area (Å²) in [6.07, 6.45) is 0. The highest BCUT2D eigenvalue weighted by atomic mass is 127. The van der Waals surface area contributed by atoms with Crippen LogP contribution in [0.4, 0.5) is 5.69 Å². The smallest absolute Gasteiger partial charge is 0.255 e. The minimum atomic E-state index is -0.267. The molecular formula is C14H12INO3. The van der Waals surface area contributed by atoms with Gasteiger partial charge in [-0.3, -0.25) is 4.79 Å². The molecule has 0 saturated heterocycles. The number of phenols is 1. The second kappa shape index (κ2) is 5.92. The number of halogens is 1. The highest BCUT2D eigenvalue weighted by molar-refractivity contribution is 14.1. The number of aromatic hydroxyl groups is 1. The van der Waals surface area contributed by atoms with Crippen molar-refractivity contribution < 1.29 is 14.6 Å². The van der Waals surface area contributed by atoms with E-state index in [1.807, 2.05) is 22.6 Å². The van der Waals surface area contributed by atoms with Gasteiger partial charge in [-0.05, 0) is 65.1 Å². The molecule has 0 fully saturated rings. The lowest BCUT2D eigenvalue weighted by Gasteiger charge is -2.07. The third-order valence-electron chi connectivity index (χ3n) is 2.56. The zero-order valence-electron chi connectivity index (χ0n) is 10.2. The molecule has 0 spiro atoms. The molecule has 2 aromatic carbocycles. The zero-order chi connectivity index (χ0) is 13.8. The Morgan fingerprint density at radius 3 is 2.47 bits per heavy atom. The summed E-state index contributed by atoms with van der Waals surface area (Å²) in [5.74, 6) is 0.560. The van der Waals surface area contributed by atoms with Gasteiger partial charge < -0.3 is 15.2 Å². The van der Waals surface area contributed by atoms with Crippen molar-refractivity contribution in [1.82, 2.24) is 0 Å². The van der Waals surface area contributed by atoms with Crippen LogP contribution in [0.2, 0.25) is 0 Å². The lowest BCUT2D eigenvalue weighted by atomic mass is 10.2. The molecule has 19 heavy (non-hydrogen) atoms. The van der Waals surface area contributed by atoms with Crippen molar-refractivity contribution in [2.24, 2.45) is 0 Å². The molecule has 2 aromatic rings. The van der Waals surface area contributed by atoms with E-state index in [0.29, 0.717) is 14.8 Å². The van der Waals surface area contributed by atoms with Gasteiger partial charge in [0.2, 0.25) is 0 Å². The topological polar surface area (TPSA) is 58.6 Å². The lowest BCUT2D eigenvalue weighted by Crippen LogP contribution is -2.11. The average Bonchev–Trinajstić information content (AvgIpc) is 2.42. The van der Waals surface area contributed by atoms with E-state index in [0.717, 1.165) is 5.75 Å². The SMILES string of the molecule is COc1ccc(NC(=O)c2ccc(I)c(O)c2)cc1. The fourth-order valence-corrected chi connectivity index (χ4v) is 1.87. The number of carbonyl (C=O) groups is 1. The molecule has 0 saturated carbocycles. The summed E-state index contributed by atoms with van der Waals surface area (Å²) >= 11 is 2.00. The van der Waals surface area contributed by atoms with Crippen molar-refractivity contribution in [2.45, 2.75) is 0 Å². The summed E-state index contributed by atoms with van der Waals surface area (Å²) in [4.78, 5) is 12.0. The molecule has 5 heteroatoms. The van der Waals surface area contributed by atoms with Crippen LogP contribution in [-0.4, -0.2) is 18.1 Å². The normalized spacial score (nSPS) is 10.0. The van der Waals surface area contributed by atoms with Crippen LogP contribution in [0.15, 0.2) is 42.5 Å². The molecule has 0 bridgehead atoms. The lowest BCUT2D eigenvalue weighted by molar-refractivity contribution is 0.102. The molecular weight excluding hydrogens is 357 g/mol. The fraction of sp³-hybridized carbons (Fsp3) is 0.0714. The van der Waals surface area contributed by atoms with Crippen molar-refractivity contribution in [3.05, 3.63) is 51.6 Å². The van der Waals surface area contributed by atoms with E-state index in [9.17, 15) is 9.90 Å². The molecule has 1 amide bonds. The molecule has 4 nitrogen and oxygen atoms in total. The Balaban J connectivity index is 2.13. The highest BCUT2D eigenvalue weighted by Gasteiger charge is 2.08. The predicted molar refractivity (Wildman–Crippen MR) is 81.8 cm³/mol. The Morgan fingerprint density at radius 2 is 1.89 bits per heavy atom. The summed E-state index contributed by atoms with van der Waals surface area (Å²) in [6, 6.07) is 11.8. The average molecular weight is 369 g/mol. The first-order valence-electron chi connectivity index (χ1n) is 5.54. The summed E-state index contributed by atoms with van der Waals surface area (Å²) < 4.78 is 5.75. The molecule has 0 aliphatic heterocycles. The molecule has 0 aliphatic carbocycles. The number of ether oxygens (including phenoxy) is 1. The third-order valence-corrected chi connectivity index (χ3v) is 3.47. The number of phenolic OH excluding ortho intramolecular Hbond substituents is 1. The first kappa shape index (κ1) is 13.7. The van der Waals surface area contributed by atoms with Crippen LogP contribution >= 0.6 is 22.6 Å². The molecule has 2 N–H and O–H groups in total. The molecule has 98 valence electrons. The first-order valence-corrected chi connectivity index (χ1v) is 6.62. The van der Waals surface area contributed by atoms with Crippen molar-refractivity contribution in [1.29, 1.82) is 0 Å². The van der Waals surface area contributed by atoms with Crippen LogP contribution in [0.1, 0.15) is 10.4 Å². The Labute approximate surface area is 124 Å². The summed E-state index contributed by atoms with van der Waals surface area (Å²) in [7, 11) is 1.59. The Hall–Kier alpha value is -1.76. The Kier molecular flexibility index (Phi) is 4.26. The van der Waals surface area contributed by atoms with E-state index < -0.39 is 0 Å². The number of carbonyl (C=O) groups excluding carboxylic acids is 1. The molecule has 0 aliphatic rings. The maximum atomic E-state index is 12.0. The van der Waals surface area contributed by atoms with Crippen molar-refractivity contribution in [3.8, 4) is 11.5 Å². The number of rotatable bonds is 3. The summed E-state index contributed by atoms with van der Waals surface area (Å²) in [6.45, 7) is 0. The zero-order valence-corrected chi connectivity index (χ0v) is 12.3. The number of benzene rings is 2. The van der Waals surface area contributed by atoms with Gasteiger partial charge in [-0.15, -0.1) is 0 Å². The van der Waals surface area contributed by atoms with Gasteiger partial charge in [-0.2, -0.15) is 0 Å². The third kappa shape index (κ3) is 3.37. The summed E-state index contributed by atoms with van der Waals surface area (Å²) in [5.41, 5.74) is 1.08. The van der Waals surface area contributed by atoms with Crippen molar-refractivity contribution >= 4 is 34.2 Å². The maximum Gasteiger partial charge on any atom is 0.255 e. The van der Waals surface area contributed by atoms with Crippen molar-refractivity contribution in [2.75, 3.05) is 12.4 Å². The van der Waals surface area contributed by atoms with Crippen LogP contribution < -0.4 is 10.1 Å². The second-order valence-corrected chi connectivity index (χ2v) is 5.01.